The number of aromatic nitrogens is 9. The SMILES string of the molecule is CC(=O)Nc1cc(N=Nc2nc(-c3cccc(N)c3)no2)cc(NC(=O)c2cccnc2)c1O.CC(=O)Nc1cc(N=Nc2nc(-c3cccc(NS(C)(=O)=O)c3)no2)cc(NC(=O)c2cccnc2)c1O.CC(=O)Nc1cc(N=Nc2nc(-c3cccc([N+](=O)[O-])c3)no2)cc(NC(=O)c2cccnc2)c1O.I.[HH]. The molecule has 0 saturated heterocycles. The quantitative estimate of drug-likeness (QED) is 0.00795. The molecule has 0 aliphatic heterocycles. The molecule has 6 aromatic heterocycles. The molecule has 0 fully saturated rings. The van der Waals surface area contributed by atoms with Gasteiger partial charge in [0.15, 0.2) is 17.2 Å². The van der Waals surface area contributed by atoms with Gasteiger partial charge in [-0.3, -0.25) is 58.6 Å². The summed E-state index contributed by atoms with van der Waals surface area (Å²) in [5, 5.41) is 92.7. The molecule has 0 saturated carbocycles. The highest BCUT2D eigenvalue weighted by molar-refractivity contribution is 14.0. The van der Waals surface area contributed by atoms with Crippen molar-refractivity contribution < 1.29 is 72.4 Å². The Kier molecular flexibility index (Phi) is 25.7. The van der Waals surface area contributed by atoms with E-state index in [2.05, 4.69) is 113 Å². The number of anilines is 8. The van der Waals surface area contributed by atoms with Crippen LogP contribution in [0.25, 0.3) is 34.2 Å². The van der Waals surface area contributed by atoms with Gasteiger partial charge in [0.05, 0.1) is 79.1 Å². The van der Waals surface area contributed by atoms with Crippen LogP contribution in [0.1, 0.15) is 53.3 Å². The van der Waals surface area contributed by atoms with Gasteiger partial charge in [0.1, 0.15) is 0 Å². The predicted molar refractivity (Wildman–Crippen MR) is 403 cm³/mol. The number of carbonyl (C=O) groups is 6. The molecule has 554 valence electrons. The Morgan fingerprint density at radius 3 is 1.11 bits per heavy atom. The van der Waals surface area contributed by atoms with E-state index in [-0.39, 0.29) is 146 Å². The summed E-state index contributed by atoms with van der Waals surface area (Å²) in [6, 6.07) is 35.7. The molecular formula is C67H57IN24O16S. The zero-order chi connectivity index (χ0) is 77.0. The standard InChI is InChI=1S/C23H20N8O6S.C22H16N8O6.C22H18N8O4.HI.H2/c1-13(32)25-18-10-17(11-19(20(18)33)26-22(34)15-6-4-8-24-12-15)28-29-23-27-21(30-37-23)14-5-3-7-16(9-14)31-38(2,35)36;1-12(31)24-17-9-15(10-18(19(17)32)25-21(33)14-5-3-7-23-11-14)27-28-22-26-20(29-36-22)13-4-2-6-16(8-13)30(34)35;1-12(31)25-17-9-16(10-18(19(17)32)26-21(33)14-5-3-7-24-11-14)28-29-22-27-20(30-34-22)13-4-2-6-15(23)8-13;;/h3-12,31,33H,1-2H3,(H,25,32)(H,26,34);2-11,32H,1H3,(H,24,31)(H,25,33);2-11,32H,23H2,1H3,(H,25,31)(H,26,33);2*1H. The first-order chi connectivity index (χ1) is 51.8. The summed E-state index contributed by atoms with van der Waals surface area (Å²) in [5.74, 6) is -3.67. The van der Waals surface area contributed by atoms with Crippen molar-refractivity contribution in [2.24, 2.45) is 30.7 Å². The van der Waals surface area contributed by atoms with Crippen molar-refractivity contribution in [3.63, 3.8) is 0 Å². The number of sulfonamides is 1. The molecule has 42 heteroatoms. The van der Waals surface area contributed by atoms with Crippen LogP contribution in [0.4, 0.5) is 86.3 Å². The minimum absolute atomic E-state index is 0. The van der Waals surface area contributed by atoms with Crippen LogP contribution in [0, 0.1) is 10.1 Å². The van der Waals surface area contributed by atoms with Crippen LogP contribution < -0.4 is 42.4 Å². The highest BCUT2D eigenvalue weighted by atomic mass is 127. The number of nitrogens with two attached hydrogens (primary N) is 1. The van der Waals surface area contributed by atoms with Gasteiger partial charge in [-0.25, -0.2) is 8.42 Å². The van der Waals surface area contributed by atoms with E-state index in [4.69, 9.17) is 19.3 Å². The summed E-state index contributed by atoms with van der Waals surface area (Å²) in [5.41, 5.74) is 9.01. The van der Waals surface area contributed by atoms with Crippen LogP contribution in [-0.2, 0) is 24.4 Å². The van der Waals surface area contributed by atoms with Crippen molar-refractivity contribution >= 4 is 156 Å². The Labute approximate surface area is 631 Å². The highest BCUT2D eigenvalue weighted by Crippen LogP contribution is 2.41. The van der Waals surface area contributed by atoms with Crippen LogP contribution in [-0.4, -0.2) is 116 Å². The summed E-state index contributed by atoms with van der Waals surface area (Å²) in [6.07, 6.45) is 9.65. The second-order valence-corrected chi connectivity index (χ2v) is 23.7. The number of carbonyl (C=O) groups excluding carboxylic acids is 6. The number of azo groups is 3. The number of rotatable bonds is 21. The van der Waals surface area contributed by atoms with E-state index in [1.165, 1.54) is 131 Å². The first kappa shape index (κ1) is 78.0. The second-order valence-electron chi connectivity index (χ2n) is 22.0. The van der Waals surface area contributed by atoms with Gasteiger partial charge < -0.3 is 66.5 Å². The molecule has 6 heterocycles. The number of nitrogens with zero attached hydrogens (tertiary/aromatic N) is 16. The molecule has 12 rings (SSSR count). The Morgan fingerprint density at radius 1 is 0.459 bits per heavy atom. The normalized spacial score (nSPS) is 10.9. The molecule has 6 aromatic carbocycles. The summed E-state index contributed by atoms with van der Waals surface area (Å²) in [7, 11) is -3.47. The lowest BCUT2D eigenvalue weighted by molar-refractivity contribution is -0.384. The number of phenols is 3. The third-order valence-electron chi connectivity index (χ3n) is 13.6. The number of non-ortho nitro benzene ring substituents is 1. The number of nitro benzene ring substituents is 1. The van der Waals surface area contributed by atoms with Crippen LogP contribution in [0.15, 0.2) is 227 Å². The molecule has 0 unspecified atom stereocenters. The van der Waals surface area contributed by atoms with Gasteiger partial charge in [-0.05, 0) is 97.1 Å². The number of nitrogen functional groups attached to an aromatic ring is 1. The topological polar surface area (TPSA) is 580 Å². The van der Waals surface area contributed by atoms with Crippen molar-refractivity contribution in [2.75, 3.05) is 48.6 Å². The van der Waals surface area contributed by atoms with E-state index in [0.717, 1.165) is 6.26 Å². The van der Waals surface area contributed by atoms with Gasteiger partial charge in [-0.15, -0.1) is 39.3 Å². The first-order valence-electron chi connectivity index (χ1n) is 30.8. The Hall–Kier alpha value is -15.1. The van der Waals surface area contributed by atoms with E-state index in [1.807, 2.05) is 0 Å². The minimum atomic E-state index is -3.47. The number of hydrogen-bond acceptors (Lipinski definition) is 32. The number of halogens is 1. The monoisotopic (exact) mass is 1610 g/mol. The van der Waals surface area contributed by atoms with Crippen molar-refractivity contribution in [3.8, 4) is 51.4 Å². The van der Waals surface area contributed by atoms with Gasteiger partial charge in [0.2, 0.25) is 45.2 Å². The van der Waals surface area contributed by atoms with Crippen LogP contribution >= 0.6 is 24.0 Å². The number of benzene rings is 6. The summed E-state index contributed by atoms with van der Waals surface area (Å²) >= 11 is 0. The maximum atomic E-state index is 12.6. The molecule has 109 heavy (non-hydrogen) atoms. The zero-order valence-corrected chi connectivity index (χ0v) is 59.7. The van der Waals surface area contributed by atoms with Gasteiger partial charge in [0.25, 0.3) is 23.4 Å². The van der Waals surface area contributed by atoms with E-state index >= 15 is 0 Å². The van der Waals surface area contributed by atoms with Gasteiger partial charge >= 0.3 is 18.0 Å². The number of nitrogens with one attached hydrogen (secondary N) is 7. The maximum Gasteiger partial charge on any atom is 0.366 e. The number of aromatic hydroxyl groups is 3. The number of phenolic OH excluding ortho intramolecular Hbond substituents is 3. The molecule has 0 bridgehead atoms. The van der Waals surface area contributed by atoms with E-state index in [9.17, 15) is 62.6 Å². The van der Waals surface area contributed by atoms with Crippen LogP contribution in [0.5, 0.6) is 17.2 Å². The molecule has 12 aromatic rings. The van der Waals surface area contributed by atoms with Gasteiger partial charge in [0, 0.05) is 99.6 Å². The van der Waals surface area contributed by atoms with Crippen molar-refractivity contribution in [1.82, 2.24) is 45.4 Å². The van der Waals surface area contributed by atoms with Gasteiger partial charge in [-0.2, -0.15) is 15.0 Å². The molecular weight excluding hydrogens is 1560 g/mol. The minimum Gasteiger partial charge on any atom is -0.504 e. The third kappa shape index (κ3) is 22.2. The van der Waals surface area contributed by atoms with E-state index < -0.39 is 56.1 Å². The summed E-state index contributed by atoms with van der Waals surface area (Å²) in [6.45, 7) is 3.77. The Balaban J connectivity index is 0.000000206. The second kappa shape index (κ2) is 35.9. The number of hydrogen-bond donors (Lipinski definition) is 11. The third-order valence-corrected chi connectivity index (χ3v) is 14.2. The molecule has 6 amide bonds. The molecule has 12 N–H and O–H groups in total. The van der Waals surface area contributed by atoms with Crippen LogP contribution in [0.2, 0.25) is 0 Å². The average molecular weight is 1610 g/mol. The lowest BCUT2D eigenvalue weighted by Crippen LogP contribution is -2.13. The van der Waals surface area contributed by atoms with E-state index in [0.29, 0.717) is 28.1 Å². The molecule has 0 atom stereocenters. The predicted octanol–water partition coefficient (Wildman–Crippen LogP) is 13.1. The summed E-state index contributed by atoms with van der Waals surface area (Å²) < 4.78 is 40.5. The smallest absolute Gasteiger partial charge is 0.366 e. The number of amides is 6. The van der Waals surface area contributed by atoms with Crippen molar-refractivity contribution in [1.29, 1.82) is 0 Å². The Morgan fingerprint density at radius 2 is 0.789 bits per heavy atom. The zero-order valence-electron chi connectivity index (χ0n) is 56.5. The van der Waals surface area contributed by atoms with Crippen LogP contribution in [0.3, 0.4) is 0 Å². The molecule has 0 aliphatic rings. The van der Waals surface area contributed by atoms with Crippen molar-refractivity contribution in [2.45, 2.75) is 20.8 Å². The molecule has 0 radical (unpaired) electrons. The van der Waals surface area contributed by atoms with Crippen molar-refractivity contribution in [3.05, 3.63) is 210 Å². The fourth-order valence-electron chi connectivity index (χ4n) is 9.04. The Bertz CT molecular complexity index is 5600. The maximum absolute atomic E-state index is 12.6. The average Bonchev–Trinajstić information content (AvgIpc) is 1.75. The molecule has 0 aliphatic carbocycles. The first-order valence-corrected chi connectivity index (χ1v) is 32.7. The van der Waals surface area contributed by atoms with E-state index in [1.54, 1.807) is 72.8 Å². The van der Waals surface area contributed by atoms with Gasteiger partial charge in [-0.1, -0.05) is 67.2 Å². The molecule has 40 nitrogen and oxygen atoms in total. The molecule has 0 spiro atoms. The summed E-state index contributed by atoms with van der Waals surface area (Å²) in [4.78, 5) is 107. The number of nitro groups is 1. The largest absolute Gasteiger partial charge is 0.504 e. The fraction of sp³-hybridized carbons (Fsp3) is 0.0597. The lowest BCUT2D eigenvalue weighted by Gasteiger charge is -2.12. The fourth-order valence-corrected chi connectivity index (χ4v) is 9.60. The number of pyridine rings is 3. The highest BCUT2D eigenvalue weighted by Gasteiger charge is 2.21. The lowest BCUT2D eigenvalue weighted by atomic mass is 10.2.